The van der Waals surface area contributed by atoms with Crippen LogP contribution in [-0.2, 0) is 18.7 Å². The summed E-state index contributed by atoms with van der Waals surface area (Å²) in [7, 11) is 0. The molecule has 40 heavy (non-hydrogen) atoms. The van der Waals surface area contributed by atoms with Gasteiger partial charge in [0.25, 0.3) is 5.24 Å². The number of fused-ring (bicyclic) bond motifs is 1. The summed E-state index contributed by atoms with van der Waals surface area (Å²) in [4.78, 5) is 26.6. The summed E-state index contributed by atoms with van der Waals surface area (Å²) in [6.45, 7) is 10.0. The lowest BCUT2D eigenvalue weighted by molar-refractivity contribution is 0.190. The van der Waals surface area contributed by atoms with Gasteiger partial charge in [-0.15, -0.1) is 11.5 Å². The molecule has 0 radical (unpaired) electrons. The summed E-state index contributed by atoms with van der Waals surface area (Å²) in [6, 6.07) is 13.5. The summed E-state index contributed by atoms with van der Waals surface area (Å²) in [5, 5.41) is 5.22. The van der Waals surface area contributed by atoms with E-state index in [1.54, 1.807) is 10.6 Å². The van der Waals surface area contributed by atoms with Gasteiger partial charge in [0.2, 0.25) is 0 Å². The van der Waals surface area contributed by atoms with Crippen molar-refractivity contribution >= 4 is 40.2 Å². The molecule has 4 rings (SSSR count). The Labute approximate surface area is 250 Å². The fourth-order valence-electron chi connectivity index (χ4n) is 4.21. The summed E-state index contributed by atoms with van der Waals surface area (Å²) in [6.07, 6.45) is 7.97. The highest BCUT2D eigenvalue weighted by Gasteiger charge is 2.22. The molecule has 0 saturated heterocycles. The highest BCUT2D eigenvalue weighted by molar-refractivity contribution is 8.12. The Morgan fingerprint density at radius 2 is 1.90 bits per heavy atom. The number of hydrogen-bond donors (Lipinski definition) is 0. The highest BCUT2D eigenvalue weighted by Crippen LogP contribution is 2.32. The zero-order valence-electron chi connectivity index (χ0n) is 23.4. The van der Waals surface area contributed by atoms with Gasteiger partial charge in [0.1, 0.15) is 18.2 Å². The van der Waals surface area contributed by atoms with E-state index in [4.69, 9.17) is 34.4 Å². The van der Waals surface area contributed by atoms with Crippen LogP contribution in [0.5, 0.6) is 5.75 Å². The molecule has 214 valence electrons. The van der Waals surface area contributed by atoms with E-state index in [-0.39, 0.29) is 17.5 Å². The number of hydrogen-bond acceptors (Lipinski definition) is 5. The van der Waals surface area contributed by atoms with Crippen LogP contribution in [0.2, 0.25) is 10.0 Å². The van der Waals surface area contributed by atoms with E-state index in [1.165, 1.54) is 28.1 Å². The zero-order valence-corrected chi connectivity index (χ0v) is 25.7. The third-order valence-electron chi connectivity index (χ3n) is 6.75. The van der Waals surface area contributed by atoms with Gasteiger partial charge < -0.3 is 9.64 Å². The van der Waals surface area contributed by atoms with Crippen LogP contribution in [0, 0.1) is 18.3 Å². The molecule has 10 heteroatoms. The number of benzene rings is 2. The lowest BCUT2D eigenvalue weighted by atomic mass is 10.1. The maximum atomic E-state index is 12.5. The standard InChI is InChI=1S/C15H13Cl2N3O2.C15H23NOS/c1-2-7-22-13-9-12(10(16)8-11(13)17)20-15(21)19-6-4-3-5-14(19)18-20;1-5-16(13(4)12(2)3)15(17)18-11-14-9-7-6-8-10-14/h1,8-9H,3-7H2;6-10,12-13H,5,11H2,1-4H3. The number of carbonyl (C=O) groups is 1. The van der Waals surface area contributed by atoms with Gasteiger partial charge in [0.15, 0.2) is 0 Å². The van der Waals surface area contributed by atoms with E-state index >= 15 is 0 Å². The molecule has 0 aliphatic carbocycles. The van der Waals surface area contributed by atoms with Gasteiger partial charge in [-0.2, -0.15) is 4.68 Å². The quantitative estimate of drug-likeness (QED) is 0.257. The molecule has 1 aliphatic heterocycles. The van der Waals surface area contributed by atoms with Crippen molar-refractivity contribution in [3.8, 4) is 23.8 Å². The molecule has 1 unspecified atom stereocenters. The number of amides is 1. The number of aryl methyl sites for hydroxylation is 1. The first kappa shape index (κ1) is 31.7. The molecular weight excluding hydrogens is 567 g/mol. The molecule has 7 nitrogen and oxygen atoms in total. The van der Waals surface area contributed by atoms with Gasteiger partial charge in [-0.25, -0.2) is 4.79 Å². The zero-order chi connectivity index (χ0) is 29.2. The highest BCUT2D eigenvalue weighted by atomic mass is 35.5. The average Bonchev–Trinajstić information content (AvgIpc) is 3.28. The molecule has 1 amide bonds. The minimum absolute atomic E-state index is 0.0788. The lowest BCUT2D eigenvalue weighted by Gasteiger charge is -2.30. The van der Waals surface area contributed by atoms with Crippen molar-refractivity contribution in [2.24, 2.45) is 5.92 Å². The van der Waals surface area contributed by atoms with Crippen molar-refractivity contribution < 1.29 is 9.53 Å². The number of thioether (sulfide) groups is 1. The van der Waals surface area contributed by atoms with Crippen molar-refractivity contribution in [1.29, 1.82) is 0 Å². The summed E-state index contributed by atoms with van der Waals surface area (Å²) >= 11 is 13.7. The molecule has 0 saturated carbocycles. The van der Waals surface area contributed by atoms with Crippen molar-refractivity contribution in [1.82, 2.24) is 19.2 Å². The Hall–Kier alpha value is -2.86. The molecular formula is C30H36Cl2N4O3S. The molecule has 2 aromatic carbocycles. The molecule has 0 fully saturated rings. The molecule has 1 aromatic heterocycles. The largest absolute Gasteiger partial charge is 0.479 e. The Morgan fingerprint density at radius 1 is 1.18 bits per heavy atom. The fraction of sp³-hybridized carbons (Fsp3) is 0.433. The third-order valence-corrected chi connectivity index (χ3v) is 8.31. The number of aromatic nitrogens is 3. The van der Waals surface area contributed by atoms with Crippen LogP contribution in [-0.4, -0.2) is 43.7 Å². The number of terminal acetylenes is 1. The molecule has 1 atom stereocenters. The Balaban J connectivity index is 0.000000226. The number of carbonyl (C=O) groups excluding carboxylic acids is 1. The van der Waals surface area contributed by atoms with Crippen LogP contribution in [0.3, 0.4) is 0 Å². The molecule has 2 heterocycles. The van der Waals surface area contributed by atoms with Gasteiger partial charge in [0, 0.05) is 37.4 Å². The van der Waals surface area contributed by atoms with Crippen molar-refractivity contribution in [3.63, 3.8) is 0 Å². The van der Waals surface area contributed by atoms with Crippen LogP contribution in [0.25, 0.3) is 5.69 Å². The van der Waals surface area contributed by atoms with Crippen LogP contribution < -0.4 is 10.4 Å². The lowest BCUT2D eigenvalue weighted by Crippen LogP contribution is -2.39. The van der Waals surface area contributed by atoms with Gasteiger partial charge in [-0.1, -0.05) is 85.1 Å². The van der Waals surface area contributed by atoms with Crippen LogP contribution in [0.4, 0.5) is 4.79 Å². The Kier molecular flexibility index (Phi) is 12.1. The maximum absolute atomic E-state index is 12.5. The summed E-state index contributed by atoms with van der Waals surface area (Å²) in [5.74, 6) is 4.75. The van der Waals surface area contributed by atoms with E-state index in [0.29, 0.717) is 40.0 Å². The molecule has 1 aliphatic rings. The number of rotatable bonds is 8. The first-order valence-corrected chi connectivity index (χ1v) is 15.1. The predicted molar refractivity (Wildman–Crippen MR) is 165 cm³/mol. The number of nitrogens with zero attached hydrogens (tertiary/aromatic N) is 4. The van der Waals surface area contributed by atoms with Gasteiger partial charge in [-0.3, -0.25) is 9.36 Å². The van der Waals surface area contributed by atoms with E-state index in [2.05, 4.69) is 43.9 Å². The Morgan fingerprint density at radius 3 is 2.52 bits per heavy atom. The predicted octanol–water partition coefficient (Wildman–Crippen LogP) is 7.10. The molecule has 0 N–H and O–H groups in total. The Bertz CT molecular complexity index is 1380. The van der Waals surface area contributed by atoms with E-state index in [1.807, 2.05) is 30.0 Å². The van der Waals surface area contributed by atoms with Crippen LogP contribution >= 0.6 is 35.0 Å². The summed E-state index contributed by atoms with van der Waals surface area (Å²) < 4.78 is 8.34. The fourth-order valence-corrected chi connectivity index (χ4v) is 5.67. The smallest absolute Gasteiger partial charge is 0.350 e. The van der Waals surface area contributed by atoms with E-state index < -0.39 is 0 Å². The van der Waals surface area contributed by atoms with Crippen LogP contribution in [0.1, 0.15) is 51.9 Å². The minimum Gasteiger partial charge on any atom is -0.479 e. The van der Waals surface area contributed by atoms with Gasteiger partial charge >= 0.3 is 5.69 Å². The first-order valence-electron chi connectivity index (χ1n) is 13.4. The minimum atomic E-state index is -0.207. The second-order valence-corrected chi connectivity index (χ2v) is 11.5. The van der Waals surface area contributed by atoms with Crippen molar-refractivity contribution in [3.05, 3.63) is 74.4 Å². The third kappa shape index (κ3) is 8.09. The number of ether oxygens (including phenoxy) is 1. The molecule has 0 spiro atoms. The monoisotopic (exact) mass is 602 g/mol. The average molecular weight is 604 g/mol. The SMILES string of the molecule is C#CCOc1cc(-n2nc3n(c2=O)CCCC3)c(Cl)cc1Cl.CCN(C(=O)SCc1ccccc1)C(C)C(C)C. The summed E-state index contributed by atoms with van der Waals surface area (Å²) in [5.41, 5.74) is 1.43. The van der Waals surface area contributed by atoms with Crippen LogP contribution in [0.15, 0.2) is 47.3 Å². The second-order valence-electron chi connectivity index (χ2n) is 9.76. The molecule has 3 aromatic rings. The second kappa shape index (κ2) is 15.2. The van der Waals surface area contributed by atoms with Gasteiger partial charge in [-0.05, 0) is 44.2 Å². The normalized spacial score (nSPS) is 13.1. The maximum Gasteiger partial charge on any atom is 0.350 e. The van der Waals surface area contributed by atoms with E-state index in [0.717, 1.165) is 37.4 Å². The van der Waals surface area contributed by atoms with E-state index in [9.17, 15) is 9.59 Å². The van der Waals surface area contributed by atoms with Crippen molar-refractivity contribution in [2.75, 3.05) is 13.2 Å². The van der Waals surface area contributed by atoms with Gasteiger partial charge in [0.05, 0.1) is 15.7 Å². The molecule has 0 bridgehead atoms. The topological polar surface area (TPSA) is 69.4 Å². The van der Waals surface area contributed by atoms with Crippen molar-refractivity contribution in [2.45, 2.75) is 65.3 Å². The number of halogens is 2. The first-order chi connectivity index (χ1) is 19.2.